The molecule has 2 saturated heterocycles. The Morgan fingerprint density at radius 3 is 2.40 bits per heavy atom. The van der Waals surface area contributed by atoms with E-state index in [4.69, 9.17) is 36.1 Å². The molecule has 2 heterocycles. The van der Waals surface area contributed by atoms with Crippen molar-refractivity contribution >= 4 is 5.84 Å². The lowest BCUT2D eigenvalue weighted by molar-refractivity contribution is -0.313. The molecule has 12 nitrogen and oxygen atoms in total. The average Bonchev–Trinajstić information content (AvgIpc) is 2.89. The number of unbranched alkanes of at least 4 members (excludes halogenated alkanes) is 1. The van der Waals surface area contributed by atoms with Gasteiger partial charge in [-0.05, 0) is 45.4 Å². The van der Waals surface area contributed by atoms with Crippen molar-refractivity contribution in [3.05, 3.63) is 0 Å². The van der Waals surface area contributed by atoms with Crippen LogP contribution in [0.15, 0.2) is 4.99 Å². The van der Waals surface area contributed by atoms with Crippen LogP contribution in [0.3, 0.4) is 0 Å². The minimum atomic E-state index is -3.20. The van der Waals surface area contributed by atoms with Crippen molar-refractivity contribution in [2.45, 2.75) is 132 Å². The van der Waals surface area contributed by atoms with Crippen molar-refractivity contribution in [3.8, 4) is 0 Å². The molecule has 0 radical (unpaired) electrons. The average molecular weight is 587 g/mol. The lowest BCUT2D eigenvalue weighted by atomic mass is 9.83. The SMILES string of the molecule is C[C@@H]1C(O)[C@@H](OC2C(O)C(O[C@H]3O[C@H](CCCCF)CCC3N)[C@@H](N)C[C@H]2N=C(N)C(O)C(F)F)OCC1(C)O. The van der Waals surface area contributed by atoms with Gasteiger partial charge in [-0.2, -0.15) is 0 Å². The van der Waals surface area contributed by atoms with E-state index >= 15 is 0 Å². The summed E-state index contributed by atoms with van der Waals surface area (Å²) in [6, 6.07) is -2.56. The highest BCUT2D eigenvalue weighted by Crippen LogP contribution is 2.35. The van der Waals surface area contributed by atoms with Gasteiger partial charge in [-0.1, -0.05) is 6.92 Å². The van der Waals surface area contributed by atoms with Crippen LogP contribution in [0.1, 0.15) is 52.4 Å². The molecule has 0 bridgehead atoms. The first-order valence-electron chi connectivity index (χ1n) is 13.8. The van der Waals surface area contributed by atoms with Gasteiger partial charge in [0.15, 0.2) is 18.7 Å². The third kappa shape index (κ3) is 8.02. The fraction of sp³-hybridized carbons (Fsp3) is 0.960. The van der Waals surface area contributed by atoms with Crippen LogP contribution in [-0.4, -0.2) is 119 Å². The molecule has 13 atom stereocenters. The number of aliphatic hydroxyl groups excluding tert-OH is 3. The van der Waals surface area contributed by atoms with Crippen molar-refractivity contribution < 1.29 is 52.5 Å². The van der Waals surface area contributed by atoms with Gasteiger partial charge in [0.05, 0.1) is 37.1 Å². The fourth-order valence-corrected chi connectivity index (χ4v) is 5.29. The van der Waals surface area contributed by atoms with E-state index in [0.29, 0.717) is 32.1 Å². The largest absolute Gasteiger partial charge is 0.388 e. The molecule has 10 N–H and O–H groups in total. The van der Waals surface area contributed by atoms with Gasteiger partial charge in [-0.25, -0.2) is 8.78 Å². The van der Waals surface area contributed by atoms with Crippen LogP contribution < -0.4 is 17.2 Å². The van der Waals surface area contributed by atoms with Gasteiger partial charge in [0.1, 0.15) is 30.3 Å². The maximum Gasteiger partial charge on any atom is 0.271 e. The van der Waals surface area contributed by atoms with Gasteiger partial charge in [0.25, 0.3) is 6.43 Å². The summed E-state index contributed by atoms with van der Waals surface area (Å²) in [6.45, 7) is 2.48. The number of hydrogen-bond acceptors (Lipinski definition) is 11. The Hall–Kier alpha value is -1.14. The Morgan fingerprint density at radius 2 is 1.75 bits per heavy atom. The zero-order chi connectivity index (χ0) is 29.8. The van der Waals surface area contributed by atoms with Gasteiger partial charge < -0.3 is 56.6 Å². The zero-order valence-electron chi connectivity index (χ0n) is 22.9. The number of aliphatic imine (C=N–C) groups is 1. The second kappa shape index (κ2) is 14.4. The Labute approximate surface area is 232 Å². The van der Waals surface area contributed by atoms with E-state index in [2.05, 4.69) is 4.99 Å². The van der Waals surface area contributed by atoms with Crippen molar-refractivity contribution in [2.75, 3.05) is 13.3 Å². The molecule has 1 aliphatic carbocycles. The first-order valence-corrected chi connectivity index (χ1v) is 13.8. The molecular formula is C25H45F3N4O8. The molecule has 15 heteroatoms. The number of amidine groups is 1. The molecule has 1 saturated carbocycles. The Morgan fingerprint density at radius 1 is 1.07 bits per heavy atom. The molecule has 0 aromatic carbocycles. The van der Waals surface area contributed by atoms with Crippen molar-refractivity contribution in [1.82, 2.24) is 0 Å². The molecule has 234 valence electrons. The number of ether oxygens (including phenoxy) is 4. The van der Waals surface area contributed by atoms with Gasteiger partial charge in [-0.3, -0.25) is 9.38 Å². The number of nitrogens with two attached hydrogens (primary N) is 3. The monoisotopic (exact) mass is 586 g/mol. The van der Waals surface area contributed by atoms with E-state index in [-0.39, 0.29) is 19.1 Å². The molecule has 3 aliphatic rings. The number of rotatable bonds is 11. The van der Waals surface area contributed by atoms with Gasteiger partial charge in [0.2, 0.25) is 0 Å². The summed E-state index contributed by atoms with van der Waals surface area (Å²) in [5, 5.41) is 42.3. The second-order valence-corrected chi connectivity index (χ2v) is 11.4. The van der Waals surface area contributed by atoms with E-state index in [9.17, 15) is 33.6 Å². The van der Waals surface area contributed by atoms with Crippen LogP contribution in [0.25, 0.3) is 0 Å². The number of hydrogen-bond donors (Lipinski definition) is 7. The predicted molar refractivity (Wildman–Crippen MR) is 137 cm³/mol. The smallest absolute Gasteiger partial charge is 0.271 e. The minimum Gasteiger partial charge on any atom is -0.388 e. The molecule has 0 aromatic rings. The van der Waals surface area contributed by atoms with Crippen LogP contribution in [0, 0.1) is 5.92 Å². The number of aliphatic hydroxyl groups is 4. The van der Waals surface area contributed by atoms with Gasteiger partial charge >= 0.3 is 0 Å². The highest BCUT2D eigenvalue weighted by Gasteiger charge is 2.51. The zero-order valence-corrected chi connectivity index (χ0v) is 22.9. The molecule has 3 rings (SSSR count). The molecule has 40 heavy (non-hydrogen) atoms. The lowest BCUT2D eigenvalue weighted by Crippen LogP contribution is -2.64. The summed E-state index contributed by atoms with van der Waals surface area (Å²) in [7, 11) is 0. The molecule has 0 spiro atoms. The van der Waals surface area contributed by atoms with Crippen LogP contribution in [0.4, 0.5) is 13.2 Å². The fourth-order valence-electron chi connectivity index (χ4n) is 5.29. The maximum absolute atomic E-state index is 13.1. The molecule has 0 aromatic heterocycles. The summed E-state index contributed by atoms with van der Waals surface area (Å²) in [5.74, 6) is -1.46. The van der Waals surface area contributed by atoms with E-state index < -0.39 is 91.7 Å². The first-order chi connectivity index (χ1) is 18.8. The van der Waals surface area contributed by atoms with Crippen LogP contribution >= 0.6 is 0 Å². The predicted octanol–water partition coefficient (Wildman–Crippen LogP) is -0.723. The first kappa shape index (κ1) is 33.4. The van der Waals surface area contributed by atoms with E-state index in [1.165, 1.54) is 6.92 Å². The van der Waals surface area contributed by atoms with Crippen molar-refractivity contribution in [1.29, 1.82) is 0 Å². The molecule has 2 aliphatic heterocycles. The summed E-state index contributed by atoms with van der Waals surface area (Å²) < 4.78 is 62.2. The van der Waals surface area contributed by atoms with Gasteiger partial charge in [-0.15, -0.1) is 0 Å². The van der Waals surface area contributed by atoms with Crippen LogP contribution in [-0.2, 0) is 18.9 Å². The summed E-state index contributed by atoms with van der Waals surface area (Å²) in [5.41, 5.74) is 16.8. The Bertz CT molecular complexity index is 831. The maximum atomic E-state index is 13.1. The standard InChI is InChI=1S/C25H45F3N4O8/c1-11-16(33)24(37-10-25(11,2)36)40-20-15(32-22(31)18(35)21(27)28)9-14(30)19(17(20)34)39-23-13(29)7-6-12(38-23)5-3-4-8-26/h11-21,23-24,33-36H,3-10,29-30H2,1-2H3,(H2,31,32)/t11-,12-,13?,14+,15-,16?,17?,18?,19?,20?,23-,24-,25?/m1/s1. The summed E-state index contributed by atoms with van der Waals surface area (Å²) in [4.78, 5) is 4.00. The number of halogens is 3. The normalized spacial score (nSPS) is 44.1. The van der Waals surface area contributed by atoms with Crippen LogP contribution in [0.2, 0.25) is 0 Å². The van der Waals surface area contributed by atoms with Gasteiger partial charge in [0, 0.05) is 12.0 Å². The summed E-state index contributed by atoms with van der Waals surface area (Å²) in [6.07, 6.45) is -10.5. The Balaban J connectivity index is 1.81. The second-order valence-electron chi connectivity index (χ2n) is 11.4. The van der Waals surface area contributed by atoms with Crippen molar-refractivity contribution in [2.24, 2.45) is 28.1 Å². The summed E-state index contributed by atoms with van der Waals surface area (Å²) >= 11 is 0. The molecule has 3 fully saturated rings. The third-order valence-corrected chi connectivity index (χ3v) is 8.15. The van der Waals surface area contributed by atoms with Crippen molar-refractivity contribution in [3.63, 3.8) is 0 Å². The highest BCUT2D eigenvalue weighted by molar-refractivity contribution is 5.85. The quantitative estimate of drug-likeness (QED) is 0.0913. The molecular weight excluding hydrogens is 541 g/mol. The van der Waals surface area contributed by atoms with Crippen LogP contribution in [0.5, 0.6) is 0 Å². The molecule has 7 unspecified atom stereocenters. The highest BCUT2D eigenvalue weighted by atomic mass is 19.3. The lowest BCUT2D eigenvalue weighted by Gasteiger charge is -2.48. The molecule has 0 amide bonds. The number of nitrogens with zero attached hydrogens (tertiary/aromatic N) is 1. The Kier molecular flexibility index (Phi) is 12.0. The third-order valence-electron chi connectivity index (χ3n) is 8.15. The topological polar surface area (TPSA) is 208 Å². The minimum absolute atomic E-state index is 0.0684. The van der Waals surface area contributed by atoms with E-state index in [0.717, 1.165) is 0 Å². The van der Waals surface area contributed by atoms with E-state index in [1.54, 1.807) is 6.92 Å². The van der Waals surface area contributed by atoms with E-state index in [1.807, 2.05) is 0 Å². The number of alkyl halides is 3.